The molecule has 2 amide bonds. The van der Waals surface area contributed by atoms with E-state index in [4.69, 9.17) is 10.5 Å². The highest BCUT2D eigenvalue weighted by molar-refractivity contribution is 5.95. The molecule has 0 saturated heterocycles. The maximum Gasteiger partial charge on any atom is 0.258 e. The standard InChI is InChI=1S/C20H24N2O4/c1-13(18(21)24)26-17-7-5-4-6-16(17)14-8-10-15(11-9-14)19(25)22-20(2,3)12-23/h4-11,13,23H,12H2,1-3H3,(H2,21,24)(H,22,25)/t13-/m1/s1. The lowest BCUT2D eigenvalue weighted by atomic mass is 10.0. The summed E-state index contributed by atoms with van der Waals surface area (Å²) in [6.07, 6.45) is -0.748. The Morgan fingerprint density at radius 2 is 1.77 bits per heavy atom. The number of primary amides is 1. The highest BCUT2D eigenvalue weighted by Gasteiger charge is 2.20. The Labute approximate surface area is 153 Å². The lowest BCUT2D eigenvalue weighted by molar-refractivity contribution is -0.123. The number of para-hydroxylation sites is 1. The molecule has 1 atom stereocenters. The summed E-state index contributed by atoms with van der Waals surface area (Å²) in [6.45, 7) is 4.93. The number of ether oxygens (including phenoxy) is 1. The molecule has 2 rings (SSSR count). The Bertz CT molecular complexity index is 785. The summed E-state index contributed by atoms with van der Waals surface area (Å²) < 4.78 is 5.64. The molecule has 138 valence electrons. The zero-order chi connectivity index (χ0) is 19.3. The molecule has 0 fully saturated rings. The number of amides is 2. The molecule has 2 aromatic carbocycles. The Morgan fingerprint density at radius 3 is 2.35 bits per heavy atom. The Balaban J connectivity index is 2.24. The van der Waals surface area contributed by atoms with E-state index in [1.807, 2.05) is 18.2 Å². The molecule has 6 heteroatoms. The van der Waals surface area contributed by atoms with Crippen LogP contribution in [0, 0.1) is 0 Å². The molecule has 0 aliphatic carbocycles. The second-order valence-corrected chi connectivity index (χ2v) is 6.73. The summed E-state index contributed by atoms with van der Waals surface area (Å²) in [6, 6.07) is 14.3. The summed E-state index contributed by atoms with van der Waals surface area (Å²) in [7, 11) is 0. The van der Waals surface area contributed by atoms with Crippen molar-refractivity contribution in [1.29, 1.82) is 0 Å². The molecular formula is C20H24N2O4. The number of hydrogen-bond donors (Lipinski definition) is 3. The fraction of sp³-hybridized carbons (Fsp3) is 0.300. The third-order valence-electron chi connectivity index (χ3n) is 3.90. The van der Waals surface area contributed by atoms with Gasteiger partial charge in [-0.1, -0.05) is 30.3 Å². The minimum atomic E-state index is -0.748. The van der Waals surface area contributed by atoms with Crippen molar-refractivity contribution in [2.24, 2.45) is 5.73 Å². The maximum absolute atomic E-state index is 12.3. The van der Waals surface area contributed by atoms with E-state index >= 15 is 0 Å². The number of aliphatic hydroxyl groups is 1. The van der Waals surface area contributed by atoms with Crippen LogP contribution < -0.4 is 15.8 Å². The zero-order valence-corrected chi connectivity index (χ0v) is 15.2. The summed E-state index contributed by atoms with van der Waals surface area (Å²) in [5.74, 6) is -0.266. The molecule has 2 aromatic rings. The largest absolute Gasteiger partial charge is 0.480 e. The fourth-order valence-electron chi connectivity index (χ4n) is 2.28. The number of nitrogens with two attached hydrogens (primary N) is 1. The molecule has 0 heterocycles. The first-order valence-electron chi connectivity index (χ1n) is 8.32. The predicted octanol–water partition coefficient (Wildman–Crippen LogP) is 2.11. The number of benzene rings is 2. The third kappa shape index (κ3) is 4.83. The molecular weight excluding hydrogens is 332 g/mol. The van der Waals surface area contributed by atoms with Crippen molar-refractivity contribution < 1.29 is 19.4 Å². The van der Waals surface area contributed by atoms with Crippen molar-refractivity contribution in [2.75, 3.05) is 6.61 Å². The van der Waals surface area contributed by atoms with Crippen LogP contribution in [-0.2, 0) is 4.79 Å². The van der Waals surface area contributed by atoms with E-state index in [0.29, 0.717) is 11.3 Å². The van der Waals surface area contributed by atoms with E-state index in [-0.39, 0.29) is 12.5 Å². The van der Waals surface area contributed by atoms with Crippen LogP contribution in [0.2, 0.25) is 0 Å². The lowest BCUT2D eigenvalue weighted by Crippen LogP contribution is -2.46. The third-order valence-corrected chi connectivity index (χ3v) is 3.90. The van der Waals surface area contributed by atoms with Crippen LogP contribution in [0.3, 0.4) is 0 Å². The van der Waals surface area contributed by atoms with Gasteiger partial charge in [-0.3, -0.25) is 9.59 Å². The van der Waals surface area contributed by atoms with E-state index in [9.17, 15) is 14.7 Å². The van der Waals surface area contributed by atoms with Gasteiger partial charge >= 0.3 is 0 Å². The molecule has 0 bridgehead atoms. The van der Waals surface area contributed by atoms with Crippen molar-refractivity contribution in [2.45, 2.75) is 32.4 Å². The highest BCUT2D eigenvalue weighted by atomic mass is 16.5. The Kier molecular flexibility index (Phi) is 6.00. The SMILES string of the molecule is C[C@@H](Oc1ccccc1-c1ccc(C(=O)NC(C)(C)CO)cc1)C(N)=O. The summed E-state index contributed by atoms with van der Waals surface area (Å²) in [5.41, 5.74) is 6.69. The van der Waals surface area contributed by atoms with Crippen molar-refractivity contribution >= 4 is 11.8 Å². The molecule has 0 saturated carbocycles. The second kappa shape index (κ2) is 8.01. The Morgan fingerprint density at radius 1 is 1.15 bits per heavy atom. The quantitative estimate of drug-likeness (QED) is 0.707. The minimum absolute atomic E-state index is 0.153. The van der Waals surface area contributed by atoms with Crippen molar-refractivity contribution in [3.8, 4) is 16.9 Å². The van der Waals surface area contributed by atoms with Crippen LogP contribution in [0.15, 0.2) is 48.5 Å². The van der Waals surface area contributed by atoms with Gasteiger partial charge in [-0.2, -0.15) is 0 Å². The summed E-state index contributed by atoms with van der Waals surface area (Å²) in [5, 5.41) is 12.0. The molecule has 0 aliphatic rings. The molecule has 4 N–H and O–H groups in total. The van der Waals surface area contributed by atoms with Gasteiger partial charge < -0.3 is 20.9 Å². The van der Waals surface area contributed by atoms with Crippen LogP contribution in [0.4, 0.5) is 0 Å². The first-order valence-corrected chi connectivity index (χ1v) is 8.32. The number of hydrogen-bond acceptors (Lipinski definition) is 4. The maximum atomic E-state index is 12.3. The van der Waals surface area contributed by atoms with Crippen molar-refractivity contribution in [3.63, 3.8) is 0 Å². The lowest BCUT2D eigenvalue weighted by Gasteiger charge is -2.23. The van der Waals surface area contributed by atoms with Gasteiger partial charge in [-0.05, 0) is 44.5 Å². The fourth-order valence-corrected chi connectivity index (χ4v) is 2.28. The van der Waals surface area contributed by atoms with Crippen molar-refractivity contribution in [3.05, 3.63) is 54.1 Å². The van der Waals surface area contributed by atoms with E-state index in [0.717, 1.165) is 11.1 Å². The van der Waals surface area contributed by atoms with Crippen molar-refractivity contribution in [1.82, 2.24) is 5.32 Å². The van der Waals surface area contributed by atoms with Crippen LogP contribution in [0.5, 0.6) is 5.75 Å². The van der Waals surface area contributed by atoms with Gasteiger partial charge in [0.05, 0.1) is 12.1 Å². The predicted molar refractivity (Wildman–Crippen MR) is 99.8 cm³/mol. The number of carbonyl (C=O) groups is 2. The van der Waals surface area contributed by atoms with E-state index in [2.05, 4.69) is 5.32 Å². The van der Waals surface area contributed by atoms with Crippen LogP contribution >= 0.6 is 0 Å². The van der Waals surface area contributed by atoms with E-state index in [1.165, 1.54) is 0 Å². The number of aliphatic hydroxyl groups excluding tert-OH is 1. The van der Waals surface area contributed by atoms with Gasteiger partial charge in [0.2, 0.25) is 0 Å². The summed E-state index contributed by atoms with van der Waals surface area (Å²) in [4.78, 5) is 23.5. The number of nitrogens with one attached hydrogen (secondary N) is 1. The second-order valence-electron chi connectivity index (χ2n) is 6.73. The van der Waals surface area contributed by atoms with Gasteiger partial charge in [0.1, 0.15) is 5.75 Å². The van der Waals surface area contributed by atoms with Crippen LogP contribution in [0.1, 0.15) is 31.1 Å². The van der Waals surface area contributed by atoms with Crippen LogP contribution in [-0.4, -0.2) is 35.2 Å². The molecule has 0 aliphatic heterocycles. The van der Waals surface area contributed by atoms with Gasteiger partial charge in [0.25, 0.3) is 11.8 Å². The minimum Gasteiger partial charge on any atom is -0.480 e. The highest BCUT2D eigenvalue weighted by Crippen LogP contribution is 2.30. The monoisotopic (exact) mass is 356 g/mol. The number of carbonyl (C=O) groups excluding carboxylic acids is 2. The van der Waals surface area contributed by atoms with E-state index in [1.54, 1.807) is 51.1 Å². The van der Waals surface area contributed by atoms with Gasteiger partial charge in [0, 0.05) is 11.1 Å². The van der Waals surface area contributed by atoms with Gasteiger partial charge in [-0.15, -0.1) is 0 Å². The molecule has 26 heavy (non-hydrogen) atoms. The van der Waals surface area contributed by atoms with Gasteiger partial charge in [0.15, 0.2) is 6.10 Å². The average Bonchev–Trinajstić information content (AvgIpc) is 2.62. The molecule has 0 aromatic heterocycles. The Hall–Kier alpha value is -2.86. The van der Waals surface area contributed by atoms with E-state index < -0.39 is 17.6 Å². The topological polar surface area (TPSA) is 102 Å². The summed E-state index contributed by atoms with van der Waals surface area (Å²) >= 11 is 0. The first kappa shape index (κ1) is 19.5. The average molecular weight is 356 g/mol. The molecule has 0 spiro atoms. The van der Waals surface area contributed by atoms with Crippen LogP contribution in [0.25, 0.3) is 11.1 Å². The van der Waals surface area contributed by atoms with Gasteiger partial charge in [-0.25, -0.2) is 0 Å². The molecule has 6 nitrogen and oxygen atoms in total. The normalized spacial score (nSPS) is 12.3. The number of rotatable bonds is 7. The smallest absolute Gasteiger partial charge is 0.258 e. The zero-order valence-electron chi connectivity index (χ0n) is 15.2. The molecule has 0 radical (unpaired) electrons. The first-order chi connectivity index (χ1) is 12.2. The molecule has 0 unspecified atom stereocenters.